The molecule has 1 rings (SSSR count). The Labute approximate surface area is 91.1 Å². The first-order valence-electron chi connectivity index (χ1n) is 4.84. The van der Waals surface area contributed by atoms with Crippen molar-refractivity contribution in [2.45, 2.75) is 13.8 Å². The van der Waals surface area contributed by atoms with Crippen molar-refractivity contribution in [2.75, 3.05) is 0 Å². The van der Waals surface area contributed by atoms with Crippen LogP contribution in [0.5, 0.6) is 0 Å². The van der Waals surface area contributed by atoms with Gasteiger partial charge in [-0.1, -0.05) is 43.0 Å². The number of rotatable bonds is 3. The highest BCUT2D eigenvalue weighted by Gasteiger charge is 2.02. The monoisotopic (exact) mass is 200 g/mol. The first-order valence-corrected chi connectivity index (χ1v) is 4.84. The number of aliphatic hydroxyl groups excluding tert-OH is 1. The first kappa shape index (κ1) is 11.3. The first-order chi connectivity index (χ1) is 7.04. The zero-order valence-electron chi connectivity index (χ0n) is 9.25. The second-order valence-electron chi connectivity index (χ2n) is 3.61. The second-order valence-corrected chi connectivity index (χ2v) is 3.61. The van der Waals surface area contributed by atoms with Gasteiger partial charge in [0.05, 0.1) is 0 Å². The summed E-state index contributed by atoms with van der Waals surface area (Å²) in [5.41, 5.74) is 4.36. The molecule has 15 heavy (non-hydrogen) atoms. The van der Waals surface area contributed by atoms with Crippen LogP contribution in [-0.2, 0) is 0 Å². The standard InChI is InChI=1S/C14H16O/c1-5-13(9-12(4)15)14-7-6-10(2)8-11(14)3/h5-9,15H,1,4H2,2-3H3/b13-9+. The van der Waals surface area contributed by atoms with Crippen LogP contribution >= 0.6 is 0 Å². The molecule has 0 fully saturated rings. The van der Waals surface area contributed by atoms with Gasteiger partial charge in [0.25, 0.3) is 0 Å². The van der Waals surface area contributed by atoms with E-state index in [4.69, 9.17) is 5.11 Å². The van der Waals surface area contributed by atoms with Gasteiger partial charge in [-0.15, -0.1) is 0 Å². The molecule has 0 saturated heterocycles. The largest absolute Gasteiger partial charge is 0.509 e. The van der Waals surface area contributed by atoms with Gasteiger partial charge in [-0.3, -0.25) is 0 Å². The van der Waals surface area contributed by atoms with Gasteiger partial charge in [0.15, 0.2) is 0 Å². The fourth-order valence-electron chi connectivity index (χ4n) is 1.56. The van der Waals surface area contributed by atoms with Crippen molar-refractivity contribution in [2.24, 2.45) is 0 Å². The molecule has 1 N–H and O–H groups in total. The van der Waals surface area contributed by atoms with Gasteiger partial charge in [-0.25, -0.2) is 0 Å². The molecular formula is C14H16O. The van der Waals surface area contributed by atoms with E-state index in [1.165, 1.54) is 11.1 Å². The van der Waals surface area contributed by atoms with E-state index in [-0.39, 0.29) is 5.76 Å². The molecule has 0 atom stereocenters. The van der Waals surface area contributed by atoms with Crippen molar-refractivity contribution in [1.82, 2.24) is 0 Å². The summed E-state index contributed by atoms with van der Waals surface area (Å²) in [6.07, 6.45) is 3.34. The Morgan fingerprint density at radius 1 is 1.33 bits per heavy atom. The third-order valence-electron chi connectivity index (χ3n) is 2.23. The average molecular weight is 200 g/mol. The van der Waals surface area contributed by atoms with Crippen molar-refractivity contribution in [1.29, 1.82) is 0 Å². The zero-order chi connectivity index (χ0) is 11.4. The van der Waals surface area contributed by atoms with E-state index in [0.717, 1.165) is 11.1 Å². The topological polar surface area (TPSA) is 20.2 Å². The van der Waals surface area contributed by atoms with Crippen LogP contribution in [0.2, 0.25) is 0 Å². The summed E-state index contributed by atoms with van der Waals surface area (Å²) < 4.78 is 0. The summed E-state index contributed by atoms with van der Waals surface area (Å²) in [7, 11) is 0. The molecule has 0 radical (unpaired) electrons. The highest BCUT2D eigenvalue weighted by Crippen LogP contribution is 2.21. The Hall–Kier alpha value is -1.76. The molecule has 0 aliphatic heterocycles. The van der Waals surface area contributed by atoms with Crippen molar-refractivity contribution in [3.05, 3.63) is 66.0 Å². The number of hydrogen-bond donors (Lipinski definition) is 1. The minimum atomic E-state index is 0.0462. The third kappa shape index (κ3) is 2.84. The molecule has 0 aromatic heterocycles. The minimum absolute atomic E-state index is 0.0462. The quantitative estimate of drug-likeness (QED) is 0.578. The number of aryl methyl sites for hydroxylation is 2. The molecule has 1 nitrogen and oxygen atoms in total. The van der Waals surface area contributed by atoms with Gasteiger partial charge in [0, 0.05) is 0 Å². The molecule has 0 aliphatic carbocycles. The van der Waals surface area contributed by atoms with Crippen molar-refractivity contribution in [3.8, 4) is 0 Å². The molecule has 0 heterocycles. The predicted octanol–water partition coefficient (Wildman–Crippen LogP) is 3.94. The van der Waals surface area contributed by atoms with E-state index < -0.39 is 0 Å². The molecule has 1 heteroatoms. The Bertz CT molecular complexity index is 425. The van der Waals surface area contributed by atoms with Gasteiger partial charge in [0.2, 0.25) is 0 Å². The van der Waals surface area contributed by atoms with Crippen LogP contribution in [0.1, 0.15) is 16.7 Å². The summed E-state index contributed by atoms with van der Waals surface area (Å²) in [4.78, 5) is 0. The lowest BCUT2D eigenvalue weighted by Gasteiger charge is -2.07. The van der Waals surface area contributed by atoms with Crippen LogP contribution in [0.15, 0.2) is 49.3 Å². The Morgan fingerprint density at radius 3 is 2.47 bits per heavy atom. The van der Waals surface area contributed by atoms with E-state index in [2.05, 4.69) is 26.1 Å². The summed E-state index contributed by atoms with van der Waals surface area (Å²) in [6.45, 7) is 11.3. The maximum Gasteiger partial charge on any atom is 0.109 e. The number of allylic oxidation sites excluding steroid dienone is 3. The maximum atomic E-state index is 9.14. The second kappa shape index (κ2) is 4.65. The van der Waals surface area contributed by atoms with Crippen LogP contribution in [-0.4, -0.2) is 5.11 Å². The number of benzene rings is 1. The maximum absolute atomic E-state index is 9.14. The predicted molar refractivity (Wildman–Crippen MR) is 65.9 cm³/mol. The molecule has 0 spiro atoms. The van der Waals surface area contributed by atoms with Crippen molar-refractivity contribution >= 4 is 5.57 Å². The normalized spacial score (nSPS) is 11.2. The van der Waals surface area contributed by atoms with E-state index >= 15 is 0 Å². The third-order valence-corrected chi connectivity index (χ3v) is 2.23. The van der Waals surface area contributed by atoms with E-state index in [9.17, 15) is 0 Å². The molecular weight excluding hydrogens is 184 g/mol. The van der Waals surface area contributed by atoms with Gasteiger partial charge in [-0.05, 0) is 36.6 Å². The highest BCUT2D eigenvalue weighted by atomic mass is 16.3. The van der Waals surface area contributed by atoms with Crippen molar-refractivity contribution in [3.63, 3.8) is 0 Å². The van der Waals surface area contributed by atoms with Crippen LogP contribution in [0.25, 0.3) is 5.57 Å². The van der Waals surface area contributed by atoms with Crippen LogP contribution in [0, 0.1) is 13.8 Å². The fourth-order valence-corrected chi connectivity index (χ4v) is 1.56. The fraction of sp³-hybridized carbons (Fsp3) is 0.143. The zero-order valence-corrected chi connectivity index (χ0v) is 9.25. The van der Waals surface area contributed by atoms with E-state index in [1.54, 1.807) is 12.2 Å². The molecule has 0 amide bonds. The van der Waals surface area contributed by atoms with Crippen LogP contribution in [0.4, 0.5) is 0 Å². The van der Waals surface area contributed by atoms with E-state index in [0.29, 0.717) is 0 Å². The van der Waals surface area contributed by atoms with Gasteiger partial charge >= 0.3 is 0 Å². The summed E-state index contributed by atoms with van der Waals surface area (Å²) in [5.74, 6) is 0.0462. The molecule has 0 aliphatic rings. The minimum Gasteiger partial charge on any atom is -0.509 e. The van der Waals surface area contributed by atoms with Crippen LogP contribution < -0.4 is 0 Å². The number of aliphatic hydroxyl groups is 1. The molecule has 0 saturated carbocycles. The molecule has 1 aromatic rings. The lowest BCUT2D eigenvalue weighted by atomic mass is 9.98. The van der Waals surface area contributed by atoms with Crippen molar-refractivity contribution < 1.29 is 5.11 Å². The van der Waals surface area contributed by atoms with E-state index in [1.807, 2.05) is 19.1 Å². The van der Waals surface area contributed by atoms with Gasteiger partial charge in [-0.2, -0.15) is 0 Å². The molecule has 78 valence electrons. The summed E-state index contributed by atoms with van der Waals surface area (Å²) in [6, 6.07) is 6.17. The Kier molecular flexibility index (Phi) is 3.51. The Morgan fingerprint density at radius 2 is 2.00 bits per heavy atom. The Balaban J connectivity index is 3.24. The highest BCUT2D eigenvalue weighted by molar-refractivity contribution is 5.77. The van der Waals surface area contributed by atoms with Gasteiger partial charge in [0.1, 0.15) is 5.76 Å². The average Bonchev–Trinajstić information content (AvgIpc) is 2.14. The SMILES string of the molecule is C=C/C(=C\C(=C)O)c1ccc(C)cc1C. The smallest absolute Gasteiger partial charge is 0.109 e. The molecule has 1 aromatic carbocycles. The lowest BCUT2D eigenvalue weighted by Crippen LogP contribution is -1.88. The summed E-state index contributed by atoms with van der Waals surface area (Å²) >= 11 is 0. The number of hydrogen-bond acceptors (Lipinski definition) is 1. The summed E-state index contributed by atoms with van der Waals surface area (Å²) in [5, 5.41) is 9.14. The van der Waals surface area contributed by atoms with Gasteiger partial charge < -0.3 is 5.11 Å². The molecule has 0 unspecified atom stereocenters. The lowest BCUT2D eigenvalue weighted by molar-refractivity contribution is 0.435. The van der Waals surface area contributed by atoms with Crippen LogP contribution in [0.3, 0.4) is 0 Å². The molecule has 0 bridgehead atoms.